The van der Waals surface area contributed by atoms with Crippen molar-refractivity contribution >= 4 is 33.9 Å². The van der Waals surface area contributed by atoms with Crippen LogP contribution in [0.2, 0.25) is 0 Å². The van der Waals surface area contributed by atoms with Gasteiger partial charge < -0.3 is 20.4 Å². The van der Waals surface area contributed by atoms with Crippen molar-refractivity contribution in [2.45, 2.75) is 44.7 Å². The number of aromatic nitrogens is 6. The van der Waals surface area contributed by atoms with E-state index >= 15 is 0 Å². The molecule has 0 unspecified atom stereocenters. The third-order valence-corrected chi connectivity index (χ3v) is 6.08. The van der Waals surface area contributed by atoms with Crippen molar-refractivity contribution in [2.24, 2.45) is 7.05 Å². The minimum atomic E-state index is 0.0290. The summed E-state index contributed by atoms with van der Waals surface area (Å²) < 4.78 is 7.40. The summed E-state index contributed by atoms with van der Waals surface area (Å²) in [6, 6.07) is 6.53. The second kappa shape index (κ2) is 8.10. The number of H-pyrrole nitrogens is 1. The zero-order valence-corrected chi connectivity index (χ0v) is 18.3. The third kappa shape index (κ3) is 3.72. The molecule has 0 atom stereocenters. The van der Waals surface area contributed by atoms with E-state index in [0.717, 1.165) is 53.2 Å². The first kappa shape index (κ1) is 20.2. The van der Waals surface area contributed by atoms with Gasteiger partial charge in [0.1, 0.15) is 11.2 Å². The molecular formula is C22H26N8O2. The lowest BCUT2D eigenvalue weighted by Crippen LogP contribution is -2.39. The SMILES string of the molecule is COc1nc(N[C@H]2CC[C@H](NC(C)=O)CC2)nc2[nH]cc(-c3ccc4nnn(C)c4c3)c12. The van der Waals surface area contributed by atoms with Gasteiger partial charge in [-0.3, -0.25) is 4.79 Å². The van der Waals surface area contributed by atoms with Gasteiger partial charge in [0.15, 0.2) is 0 Å². The number of carbonyl (C=O) groups is 1. The summed E-state index contributed by atoms with van der Waals surface area (Å²) in [6.45, 7) is 1.57. The molecule has 0 radical (unpaired) electrons. The van der Waals surface area contributed by atoms with E-state index in [4.69, 9.17) is 9.72 Å². The molecule has 1 saturated carbocycles. The molecule has 1 amide bonds. The summed E-state index contributed by atoms with van der Waals surface area (Å²) in [5.41, 5.74) is 4.48. The summed E-state index contributed by atoms with van der Waals surface area (Å²) in [5.74, 6) is 1.09. The van der Waals surface area contributed by atoms with E-state index < -0.39 is 0 Å². The van der Waals surface area contributed by atoms with Crippen molar-refractivity contribution in [2.75, 3.05) is 12.4 Å². The Labute approximate surface area is 184 Å². The molecule has 3 aromatic heterocycles. The van der Waals surface area contributed by atoms with Crippen molar-refractivity contribution in [3.63, 3.8) is 0 Å². The summed E-state index contributed by atoms with van der Waals surface area (Å²) in [7, 11) is 3.49. The summed E-state index contributed by atoms with van der Waals surface area (Å²) in [5, 5.41) is 15.5. The average molecular weight is 435 g/mol. The molecule has 0 aliphatic heterocycles. The molecule has 5 rings (SSSR count). The van der Waals surface area contributed by atoms with Gasteiger partial charge in [-0.15, -0.1) is 5.10 Å². The quantitative estimate of drug-likeness (QED) is 0.441. The van der Waals surface area contributed by atoms with E-state index in [1.807, 2.05) is 25.4 Å². The van der Waals surface area contributed by atoms with Crippen LogP contribution < -0.4 is 15.4 Å². The number of aromatic amines is 1. The lowest BCUT2D eigenvalue weighted by Gasteiger charge is -2.29. The van der Waals surface area contributed by atoms with Crippen molar-refractivity contribution in [1.29, 1.82) is 0 Å². The first-order valence-corrected chi connectivity index (χ1v) is 10.8. The number of anilines is 1. The Kier molecular flexibility index (Phi) is 5.12. The molecule has 10 nitrogen and oxygen atoms in total. The summed E-state index contributed by atoms with van der Waals surface area (Å²) in [6.07, 6.45) is 5.70. The Morgan fingerprint density at radius 3 is 2.72 bits per heavy atom. The van der Waals surface area contributed by atoms with Crippen molar-refractivity contribution < 1.29 is 9.53 Å². The third-order valence-electron chi connectivity index (χ3n) is 6.08. The van der Waals surface area contributed by atoms with E-state index in [9.17, 15) is 4.79 Å². The molecule has 0 spiro atoms. The van der Waals surface area contributed by atoms with E-state index in [1.165, 1.54) is 0 Å². The minimum absolute atomic E-state index is 0.0290. The topological polar surface area (TPSA) is 123 Å². The van der Waals surface area contributed by atoms with Gasteiger partial charge in [0.2, 0.25) is 17.7 Å². The fourth-order valence-corrected chi connectivity index (χ4v) is 4.49. The van der Waals surface area contributed by atoms with Crippen molar-refractivity contribution in [3.8, 4) is 17.0 Å². The number of ether oxygens (including phenoxy) is 1. The number of hydrogen-bond acceptors (Lipinski definition) is 7. The highest BCUT2D eigenvalue weighted by atomic mass is 16.5. The van der Waals surface area contributed by atoms with Crippen LogP contribution in [-0.4, -0.2) is 55.0 Å². The molecule has 0 saturated heterocycles. The molecule has 166 valence electrons. The normalized spacial score (nSPS) is 18.7. The van der Waals surface area contributed by atoms with Gasteiger partial charge >= 0.3 is 0 Å². The van der Waals surface area contributed by atoms with E-state index in [0.29, 0.717) is 17.5 Å². The van der Waals surface area contributed by atoms with E-state index in [-0.39, 0.29) is 18.0 Å². The minimum Gasteiger partial charge on any atom is -0.480 e. The fraction of sp³-hybridized carbons (Fsp3) is 0.409. The molecule has 1 aliphatic rings. The number of aryl methyl sites for hydroxylation is 1. The van der Waals surface area contributed by atoms with Gasteiger partial charge in [-0.2, -0.15) is 9.97 Å². The Hall–Kier alpha value is -3.69. The van der Waals surface area contributed by atoms with Crippen LogP contribution in [-0.2, 0) is 11.8 Å². The highest BCUT2D eigenvalue weighted by Gasteiger charge is 2.23. The number of rotatable bonds is 5. The number of fused-ring (bicyclic) bond motifs is 2. The van der Waals surface area contributed by atoms with Crippen molar-refractivity contribution in [3.05, 3.63) is 24.4 Å². The van der Waals surface area contributed by atoms with Gasteiger partial charge in [0, 0.05) is 37.8 Å². The van der Waals surface area contributed by atoms with Gasteiger partial charge in [-0.25, -0.2) is 4.68 Å². The van der Waals surface area contributed by atoms with Crippen LogP contribution in [0.1, 0.15) is 32.6 Å². The zero-order valence-electron chi connectivity index (χ0n) is 18.3. The molecule has 32 heavy (non-hydrogen) atoms. The maximum Gasteiger partial charge on any atom is 0.228 e. The first-order chi connectivity index (χ1) is 15.5. The number of benzene rings is 1. The van der Waals surface area contributed by atoms with Gasteiger partial charge in [0.25, 0.3) is 0 Å². The Balaban J connectivity index is 1.41. The molecule has 1 fully saturated rings. The predicted octanol–water partition coefficient (Wildman–Crippen LogP) is 2.77. The average Bonchev–Trinajstić information content (AvgIpc) is 3.37. The number of methoxy groups -OCH3 is 1. The molecule has 1 aliphatic carbocycles. The van der Waals surface area contributed by atoms with Crippen LogP contribution in [0.3, 0.4) is 0 Å². The molecule has 10 heteroatoms. The van der Waals surface area contributed by atoms with Crippen molar-refractivity contribution in [1.82, 2.24) is 35.3 Å². The number of carbonyl (C=O) groups excluding carboxylic acids is 1. The number of amides is 1. The van der Waals surface area contributed by atoms with E-state index in [1.54, 1.807) is 18.7 Å². The molecular weight excluding hydrogens is 408 g/mol. The number of nitrogens with zero attached hydrogens (tertiary/aromatic N) is 5. The largest absolute Gasteiger partial charge is 0.480 e. The summed E-state index contributed by atoms with van der Waals surface area (Å²) >= 11 is 0. The maximum absolute atomic E-state index is 11.3. The second-order valence-corrected chi connectivity index (χ2v) is 8.29. The van der Waals surface area contributed by atoms with Gasteiger partial charge in [-0.05, 0) is 43.4 Å². The standard InChI is InChI=1S/C22H26N8O2/c1-12(31)24-14-5-7-15(8-6-14)25-22-26-20-19(21(27-22)32-3)16(11-23-20)13-4-9-17-18(10-13)30(2)29-28-17/h4,9-11,14-15H,5-8H2,1-3H3,(H,24,31)(H2,23,25,26,27)/t14-,15-. The monoisotopic (exact) mass is 434 g/mol. The molecule has 4 aromatic rings. The lowest BCUT2D eigenvalue weighted by atomic mass is 9.91. The van der Waals surface area contributed by atoms with Crippen LogP contribution in [0.5, 0.6) is 5.88 Å². The van der Waals surface area contributed by atoms with Crippen LogP contribution in [0.25, 0.3) is 33.2 Å². The maximum atomic E-state index is 11.3. The first-order valence-electron chi connectivity index (χ1n) is 10.8. The van der Waals surface area contributed by atoms with Crippen LogP contribution in [0.15, 0.2) is 24.4 Å². The smallest absolute Gasteiger partial charge is 0.228 e. The number of hydrogen-bond donors (Lipinski definition) is 3. The zero-order chi connectivity index (χ0) is 22.2. The predicted molar refractivity (Wildman–Crippen MR) is 121 cm³/mol. The molecule has 3 heterocycles. The highest BCUT2D eigenvalue weighted by Crippen LogP contribution is 2.35. The van der Waals surface area contributed by atoms with Gasteiger partial charge in [0.05, 0.1) is 18.0 Å². The van der Waals surface area contributed by atoms with Gasteiger partial charge in [-0.1, -0.05) is 11.3 Å². The Morgan fingerprint density at radius 2 is 1.97 bits per heavy atom. The second-order valence-electron chi connectivity index (χ2n) is 8.29. The molecule has 3 N–H and O–H groups in total. The molecule has 1 aromatic carbocycles. The Bertz CT molecular complexity index is 1290. The molecule has 0 bridgehead atoms. The summed E-state index contributed by atoms with van der Waals surface area (Å²) in [4.78, 5) is 23.9. The lowest BCUT2D eigenvalue weighted by molar-refractivity contribution is -0.119. The fourth-order valence-electron chi connectivity index (χ4n) is 4.49. The number of nitrogens with one attached hydrogen (secondary N) is 3. The van der Waals surface area contributed by atoms with Crippen LogP contribution >= 0.6 is 0 Å². The van der Waals surface area contributed by atoms with Crippen LogP contribution in [0, 0.1) is 0 Å². The highest BCUT2D eigenvalue weighted by molar-refractivity contribution is 5.99. The Morgan fingerprint density at radius 1 is 1.19 bits per heavy atom. The van der Waals surface area contributed by atoms with E-state index in [2.05, 4.69) is 37.0 Å². The van der Waals surface area contributed by atoms with Crippen LogP contribution in [0.4, 0.5) is 5.95 Å².